The van der Waals surface area contributed by atoms with Crippen LogP contribution in [0.4, 0.5) is 4.79 Å². The second kappa shape index (κ2) is 5.51. The molecule has 0 aliphatic heterocycles. The molecule has 4 nitrogen and oxygen atoms in total. The number of amides is 2. The molecule has 108 valence electrons. The Labute approximate surface area is 116 Å². The minimum Gasteiger partial charge on any atom is -0.350 e. The van der Waals surface area contributed by atoms with E-state index in [0.717, 1.165) is 36.3 Å². The molecule has 2 aliphatic carbocycles. The lowest BCUT2D eigenvalue weighted by atomic mass is 9.67. The first-order chi connectivity index (χ1) is 8.91. The highest BCUT2D eigenvalue weighted by Gasteiger charge is 2.51. The number of hydrogen-bond donors (Lipinski definition) is 2. The molecule has 2 bridgehead atoms. The first-order valence-electron chi connectivity index (χ1n) is 7.50. The SMILES string of the molecule is CC(CCCC1C2CCC(C2)C1(C)C)=NNC(N)=O. The second-order valence-corrected chi connectivity index (χ2v) is 6.91. The van der Waals surface area contributed by atoms with Crippen LogP contribution in [0.1, 0.15) is 59.3 Å². The topological polar surface area (TPSA) is 67.5 Å². The van der Waals surface area contributed by atoms with E-state index in [-0.39, 0.29) is 0 Å². The first kappa shape index (κ1) is 14.4. The van der Waals surface area contributed by atoms with Crippen LogP contribution in [0.5, 0.6) is 0 Å². The van der Waals surface area contributed by atoms with Crippen molar-refractivity contribution in [3.05, 3.63) is 0 Å². The highest BCUT2D eigenvalue weighted by Crippen LogP contribution is 2.60. The smallest absolute Gasteiger partial charge is 0.332 e. The molecule has 19 heavy (non-hydrogen) atoms. The summed E-state index contributed by atoms with van der Waals surface area (Å²) >= 11 is 0. The van der Waals surface area contributed by atoms with Gasteiger partial charge >= 0.3 is 6.03 Å². The summed E-state index contributed by atoms with van der Waals surface area (Å²) in [5.41, 5.74) is 8.77. The van der Waals surface area contributed by atoms with Crippen molar-refractivity contribution in [2.75, 3.05) is 0 Å². The fraction of sp³-hybridized carbons (Fsp3) is 0.867. The zero-order valence-corrected chi connectivity index (χ0v) is 12.4. The van der Waals surface area contributed by atoms with E-state index in [1.807, 2.05) is 6.92 Å². The molecule has 0 heterocycles. The summed E-state index contributed by atoms with van der Waals surface area (Å²) in [5.74, 6) is 2.79. The number of carbonyl (C=O) groups is 1. The molecule has 4 heteroatoms. The van der Waals surface area contributed by atoms with Gasteiger partial charge in [-0.3, -0.25) is 0 Å². The Balaban J connectivity index is 1.77. The number of nitrogens with zero attached hydrogens (tertiary/aromatic N) is 1. The number of urea groups is 1. The van der Waals surface area contributed by atoms with Gasteiger partial charge in [-0.2, -0.15) is 5.10 Å². The van der Waals surface area contributed by atoms with Crippen LogP contribution in [-0.2, 0) is 0 Å². The van der Waals surface area contributed by atoms with Crippen LogP contribution in [0, 0.1) is 23.2 Å². The minimum absolute atomic E-state index is 0.527. The summed E-state index contributed by atoms with van der Waals surface area (Å²) in [6, 6.07) is -0.589. The van der Waals surface area contributed by atoms with Gasteiger partial charge < -0.3 is 5.73 Å². The van der Waals surface area contributed by atoms with E-state index in [1.165, 1.54) is 25.7 Å². The largest absolute Gasteiger partial charge is 0.350 e. The molecule has 0 radical (unpaired) electrons. The fourth-order valence-electron chi connectivity index (χ4n) is 4.36. The number of fused-ring (bicyclic) bond motifs is 2. The van der Waals surface area contributed by atoms with Crippen LogP contribution in [0.2, 0.25) is 0 Å². The summed E-state index contributed by atoms with van der Waals surface area (Å²) in [5, 5.41) is 3.96. The Bertz CT molecular complexity index is 376. The second-order valence-electron chi connectivity index (χ2n) is 6.91. The molecule has 3 atom stereocenters. The Kier molecular flexibility index (Phi) is 4.16. The van der Waals surface area contributed by atoms with Crippen molar-refractivity contribution in [2.45, 2.75) is 59.3 Å². The summed E-state index contributed by atoms with van der Waals surface area (Å²) in [4.78, 5) is 10.6. The van der Waals surface area contributed by atoms with Crippen molar-refractivity contribution in [1.82, 2.24) is 5.43 Å². The first-order valence-corrected chi connectivity index (χ1v) is 7.50. The van der Waals surface area contributed by atoms with Gasteiger partial charge in [0.05, 0.1) is 0 Å². The molecule has 3 unspecified atom stereocenters. The Morgan fingerprint density at radius 1 is 1.42 bits per heavy atom. The summed E-state index contributed by atoms with van der Waals surface area (Å²) in [7, 11) is 0. The number of nitrogens with one attached hydrogen (secondary N) is 1. The van der Waals surface area contributed by atoms with E-state index >= 15 is 0 Å². The molecule has 0 saturated heterocycles. The highest BCUT2D eigenvalue weighted by atomic mass is 16.2. The van der Waals surface area contributed by atoms with Crippen LogP contribution in [0.15, 0.2) is 5.10 Å². The van der Waals surface area contributed by atoms with E-state index in [4.69, 9.17) is 5.73 Å². The molecule has 2 saturated carbocycles. The third-order valence-corrected chi connectivity index (χ3v) is 5.46. The molecule has 3 N–H and O–H groups in total. The maximum Gasteiger partial charge on any atom is 0.332 e. The molecule has 0 spiro atoms. The van der Waals surface area contributed by atoms with Gasteiger partial charge in [0.1, 0.15) is 0 Å². The fourth-order valence-corrected chi connectivity index (χ4v) is 4.36. The van der Waals surface area contributed by atoms with Gasteiger partial charge in [0.2, 0.25) is 0 Å². The van der Waals surface area contributed by atoms with Crippen LogP contribution < -0.4 is 11.2 Å². The lowest BCUT2D eigenvalue weighted by Gasteiger charge is -2.38. The third-order valence-electron chi connectivity index (χ3n) is 5.46. The summed E-state index contributed by atoms with van der Waals surface area (Å²) < 4.78 is 0. The third kappa shape index (κ3) is 3.10. The minimum atomic E-state index is -0.589. The van der Waals surface area contributed by atoms with Gasteiger partial charge in [-0.1, -0.05) is 13.8 Å². The number of rotatable bonds is 5. The standard InChI is InChI=1S/C15H27N3O/c1-10(17-18-14(16)19)5-4-6-13-11-7-8-12(9-11)15(13,2)3/h11-13H,4-9H2,1-3H3,(H3,16,18,19). The van der Waals surface area contributed by atoms with Crippen LogP contribution in [-0.4, -0.2) is 11.7 Å². The summed E-state index contributed by atoms with van der Waals surface area (Å²) in [6.45, 7) is 6.86. The lowest BCUT2D eigenvalue weighted by Crippen LogP contribution is -2.30. The zero-order chi connectivity index (χ0) is 14.0. The zero-order valence-electron chi connectivity index (χ0n) is 12.4. The molecular formula is C15H27N3O. The lowest BCUT2D eigenvalue weighted by molar-refractivity contribution is 0.113. The molecule has 2 rings (SSSR count). The molecule has 0 aromatic carbocycles. The maximum atomic E-state index is 10.6. The van der Waals surface area contributed by atoms with E-state index in [2.05, 4.69) is 24.4 Å². The monoisotopic (exact) mass is 265 g/mol. The Morgan fingerprint density at radius 2 is 2.16 bits per heavy atom. The van der Waals surface area contributed by atoms with Crippen molar-refractivity contribution in [1.29, 1.82) is 0 Å². The van der Waals surface area contributed by atoms with Crippen molar-refractivity contribution in [2.24, 2.45) is 34.0 Å². The van der Waals surface area contributed by atoms with Gasteiger partial charge in [0.25, 0.3) is 0 Å². The van der Waals surface area contributed by atoms with E-state index in [0.29, 0.717) is 5.41 Å². The normalized spacial score (nSPS) is 32.6. The van der Waals surface area contributed by atoms with Crippen molar-refractivity contribution in [3.63, 3.8) is 0 Å². The number of primary amides is 1. The molecule has 2 fully saturated rings. The van der Waals surface area contributed by atoms with Gasteiger partial charge in [0.15, 0.2) is 0 Å². The van der Waals surface area contributed by atoms with Crippen LogP contribution in [0.3, 0.4) is 0 Å². The molecule has 2 amide bonds. The number of hydrazone groups is 1. The predicted molar refractivity (Wildman–Crippen MR) is 77.8 cm³/mol. The van der Waals surface area contributed by atoms with Crippen molar-refractivity contribution < 1.29 is 4.79 Å². The highest BCUT2D eigenvalue weighted by molar-refractivity contribution is 5.83. The van der Waals surface area contributed by atoms with Crippen molar-refractivity contribution in [3.8, 4) is 0 Å². The van der Waals surface area contributed by atoms with Crippen LogP contribution in [0.25, 0.3) is 0 Å². The van der Waals surface area contributed by atoms with Crippen molar-refractivity contribution >= 4 is 11.7 Å². The average Bonchev–Trinajstić information content (AvgIpc) is 2.88. The van der Waals surface area contributed by atoms with E-state index < -0.39 is 6.03 Å². The van der Waals surface area contributed by atoms with Gasteiger partial charge in [0, 0.05) is 5.71 Å². The predicted octanol–water partition coefficient (Wildman–Crippen LogP) is 3.27. The maximum absolute atomic E-state index is 10.6. The van der Waals surface area contributed by atoms with Crippen LogP contribution >= 0.6 is 0 Å². The van der Waals surface area contributed by atoms with Gasteiger partial charge in [-0.25, -0.2) is 10.2 Å². The number of hydrogen-bond acceptors (Lipinski definition) is 2. The van der Waals surface area contributed by atoms with E-state index in [9.17, 15) is 4.79 Å². The number of carbonyl (C=O) groups excluding carboxylic acids is 1. The van der Waals surface area contributed by atoms with Gasteiger partial charge in [-0.15, -0.1) is 0 Å². The Morgan fingerprint density at radius 3 is 2.74 bits per heavy atom. The number of nitrogens with two attached hydrogens (primary N) is 1. The molecule has 2 aliphatic rings. The van der Waals surface area contributed by atoms with E-state index in [1.54, 1.807) is 0 Å². The average molecular weight is 265 g/mol. The molecule has 0 aromatic heterocycles. The molecular weight excluding hydrogens is 238 g/mol. The van der Waals surface area contributed by atoms with Gasteiger partial charge in [-0.05, 0) is 68.6 Å². The quantitative estimate of drug-likeness (QED) is 0.581. The Hall–Kier alpha value is -1.06. The molecule has 0 aromatic rings. The summed E-state index contributed by atoms with van der Waals surface area (Å²) in [6.07, 6.45) is 7.73.